The summed E-state index contributed by atoms with van der Waals surface area (Å²) < 4.78 is 32.7. The van der Waals surface area contributed by atoms with Crippen molar-refractivity contribution in [1.82, 2.24) is 4.90 Å². The van der Waals surface area contributed by atoms with Crippen LogP contribution in [0.1, 0.15) is 27.2 Å². The van der Waals surface area contributed by atoms with Gasteiger partial charge in [0.25, 0.3) is 10.1 Å². The van der Waals surface area contributed by atoms with Gasteiger partial charge in [-0.25, -0.2) is 4.79 Å². The van der Waals surface area contributed by atoms with E-state index in [0.29, 0.717) is 10.7 Å². The number of anilines is 1. The number of rotatable bonds is 5. The zero-order chi connectivity index (χ0) is 21.1. The molecule has 156 valence electrons. The van der Waals surface area contributed by atoms with Gasteiger partial charge in [-0.2, -0.15) is 8.42 Å². The highest BCUT2D eigenvalue weighted by atomic mass is 35.5. The monoisotopic (exact) mass is 432 g/mol. The zero-order valence-electron chi connectivity index (χ0n) is 16.3. The molecule has 1 fully saturated rings. The molecule has 0 bridgehead atoms. The summed E-state index contributed by atoms with van der Waals surface area (Å²) in [5.74, 6) is -0.284. The van der Waals surface area contributed by atoms with Crippen molar-refractivity contribution in [2.45, 2.75) is 38.8 Å². The van der Waals surface area contributed by atoms with Gasteiger partial charge in [-0.3, -0.25) is 13.9 Å². The third-order valence-corrected chi connectivity index (χ3v) is 4.77. The maximum absolute atomic E-state index is 12.7. The Bertz CT molecular complexity index is 837. The zero-order valence-corrected chi connectivity index (χ0v) is 17.9. The quantitative estimate of drug-likeness (QED) is 0.664. The molecule has 0 spiro atoms. The molecule has 1 aliphatic rings. The van der Waals surface area contributed by atoms with Crippen molar-refractivity contribution in [2.75, 3.05) is 30.9 Å². The predicted octanol–water partition coefficient (Wildman–Crippen LogP) is 2.66. The normalized spacial score (nSPS) is 18.3. The second kappa shape index (κ2) is 8.67. The highest BCUT2D eigenvalue weighted by Gasteiger charge is 2.37. The standard InChI is InChI=1S/C18H25ClN2O6S/c1-18(2,3)27-17(23)21-12-16(22)20(14-7-5-6-13(19)10-14)11-15(21)8-9-26-28(4,24)25/h5-7,10,15H,8-9,11-12H2,1-4H3. The van der Waals surface area contributed by atoms with Crippen LogP contribution in [0.25, 0.3) is 0 Å². The van der Waals surface area contributed by atoms with Gasteiger partial charge in [-0.05, 0) is 45.4 Å². The fourth-order valence-electron chi connectivity index (χ4n) is 2.78. The van der Waals surface area contributed by atoms with Crippen molar-refractivity contribution in [3.63, 3.8) is 0 Å². The molecule has 1 unspecified atom stereocenters. The summed E-state index contributed by atoms with van der Waals surface area (Å²) in [6, 6.07) is 6.36. The molecule has 8 nitrogen and oxygen atoms in total. The largest absolute Gasteiger partial charge is 0.444 e. The Morgan fingerprint density at radius 1 is 1.32 bits per heavy atom. The number of ether oxygens (including phenoxy) is 1. The maximum atomic E-state index is 12.7. The van der Waals surface area contributed by atoms with Crippen LogP contribution in [0.5, 0.6) is 0 Å². The molecule has 0 N–H and O–H groups in total. The van der Waals surface area contributed by atoms with Crippen LogP contribution in [0.15, 0.2) is 24.3 Å². The van der Waals surface area contributed by atoms with E-state index in [0.717, 1.165) is 6.26 Å². The summed E-state index contributed by atoms with van der Waals surface area (Å²) in [6.45, 7) is 5.07. The Morgan fingerprint density at radius 3 is 2.57 bits per heavy atom. The van der Waals surface area contributed by atoms with Crippen molar-refractivity contribution in [2.24, 2.45) is 0 Å². The molecule has 10 heteroatoms. The average molecular weight is 433 g/mol. The number of amides is 2. The van der Waals surface area contributed by atoms with Crippen LogP contribution in [0.4, 0.5) is 10.5 Å². The molecule has 0 saturated carbocycles. The van der Waals surface area contributed by atoms with E-state index in [4.69, 9.17) is 20.5 Å². The number of hydrogen-bond donors (Lipinski definition) is 0. The van der Waals surface area contributed by atoms with Gasteiger partial charge in [0, 0.05) is 17.3 Å². The lowest BCUT2D eigenvalue weighted by Crippen LogP contribution is -2.59. The van der Waals surface area contributed by atoms with Gasteiger partial charge in [0.15, 0.2) is 0 Å². The summed E-state index contributed by atoms with van der Waals surface area (Å²) >= 11 is 6.02. The summed E-state index contributed by atoms with van der Waals surface area (Å²) in [5, 5.41) is 0.483. The van der Waals surface area contributed by atoms with Crippen LogP contribution in [0, 0.1) is 0 Å². The predicted molar refractivity (Wildman–Crippen MR) is 106 cm³/mol. The third-order valence-electron chi connectivity index (χ3n) is 3.94. The molecule has 2 amide bonds. The first kappa shape index (κ1) is 22.4. The number of carbonyl (C=O) groups excluding carboxylic acids is 2. The van der Waals surface area contributed by atoms with Gasteiger partial charge in [-0.1, -0.05) is 17.7 Å². The molecule has 1 atom stereocenters. The summed E-state index contributed by atoms with van der Waals surface area (Å²) in [7, 11) is -3.61. The van der Waals surface area contributed by atoms with E-state index < -0.39 is 27.9 Å². The molecular formula is C18H25ClN2O6S. The Hall–Kier alpha value is -1.84. The average Bonchev–Trinajstić information content (AvgIpc) is 2.53. The molecular weight excluding hydrogens is 408 g/mol. The Balaban J connectivity index is 2.22. The van der Waals surface area contributed by atoms with Crippen LogP contribution in [-0.2, 0) is 23.8 Å². The van der Waals surface area contributed by atoms with Crippen LogP contribution >= 0.6 is 11.6 Å². The number of nitrogens with zero attached hydrogens (tertiary/aromatic N) is 2. The van der Waals surface area contributed by atoms with Crippen LogP contribution in [0.2, 0.25) is 5.02 Å². The molecule has 0 aromatic heterocycles. The minimum atomic E-state index is -3.61. The maximum Gasteiger partial charge on any atom is 0.411 e. The van der Waals surface area contributed by atoms with Gasteiger partial charge >= 0.3 is 6.09 Å². The highest BCUT2D eigenvalue weighted by Crippen LogP contribution is 2.25. The van der Waals surface area contributed by atoms with E-state index >= 15 is 0 Å². The molecule has 28 heavy (non-hydrogen) atoms. The molecule has 1 aliphatic heterocycles. The van der Waals surface area contributed by atoms with Gasteiger partial charge < -0.3 is 9.64 Å². The van der Waals surface area contributed by atoms with Crippen molar-refractivity contribution in [3.8, 4) is 0 Å². The first-order valence-electron chi connectivity index (χ1n) is 8.76. The molecule has 2 rings (SSSR count). The van der Waals surface area contributed by atoms with E-state index in [9.17, 15) is 18.0 Å². The highest BCUT2D eigenvalue weighted by molar-refractivity contribution is 7.85. The molecule has 0 aliphatic carbocycles. The minimum absolute atomic E-state index is 0.111. The molecule has 1 heterocycles. The van der Waals surface area contributed by atoms with Crippen LogP contribution in [0.3, 0.4) is 0 Å². The molecule has 1 aromatic carbocycles. The Morgan fingerprint density at radius 2 is 2.00 bits per heavy atom. The van der Waals surface area contributed by atoms with E-state index in [1.165, 1.54) is 9.80 Å². The van der Waals surface area contributed by atoms with Crippen molar-refractivity contribution in [1.29, 1.82) is 0 Å². The van der Waals surface area contributed by atoms with Gasteiger partial charge in [0.05, 0.1) is 18.9 Å². The molecule has 1 saturated heterocycles. The van der Waals surface area contributed by atoms with E-state index in [1.807, 2.05) is 0 Å². The van der Waals surface area contributed by atoms with Crippen molar-refractivity contribution >= 4 is 39.4 Å². The van der Waals surface area contributed by atoms with Crippen molar-refractivity contribution < 1.29 is 26.9 Å². The van der Waals surface area contributed by atoms with E-state index in [2.05, 4.69) is 0 Å². The second-order valence-electron chi connectivity index (χ2n) is 7.56. The topological polar surface area (TPSA) is 93.2 Å². The first-order valence-corrected chi connectivity index (χ1v) is 10.9. The van der Waals surface area contributed by atoms with Gasteiger partial charge in [0.2, 0.25) is 5.91 Å². The lowest BCUT2D eigenvalue weighted by molar-refractivity contribution is -0.122. The van der Waals surface area contributed by atoms with Crippen LogP contribution in [-0.4, -0.2) is 62.9 Å². The van der Waals surface area contributed by atoms with Gasteiger partial charge in [-0.15, -0.1) is 0 Å². The number of benzene rings is 1. The number of piperazine rings is 1. The number of halogens is 1. The lowest BCUT2D eigenvalue weighted by atomic mass is 10.1. The lowest BCUT2D eigenvalue weighted by Gasteiger charge is -2.41. The smallest absolute Gasteiger partial charge is 0.411 e. The minimum Gasteiger partial charge on any atom is -0.444 e. The van der Waals surface area contributed by atoms with E-state index in [-0.39, 0.29) is 32.0 Å². The summed E-state index contributed by atoms with van der Waals surface area (Å²) in [5.41, 5.74) is -0.117. The number of hydrogen-bond acceptors (Lipinski definition) is 6. The van der Waals surface area contributed by atoms with E-state index in [1.54, 1.807) is 45.0 Å². The number of carbonyl (C=O) groups is 2. The molecule has 1 aromatic rings. The molecule has 0 radical (unpaired) electrons. The third kappa shape index (κ3) is 6.65. The fraction of sp³-hybridized carbons (Fsp3) is 0.556. The Kier molecular flexibility index (Phi) is 6.95. The van der Waals surface area contributed by atoms with Gasteiger partial charge in [0.1, 0.15) is 12.1 Å². The fourth-order valence-corrected chi connectivity index (χ4v) is 3.37. The first-order chi connectivity index (χ1) is 12.9. The summed E-state index contributed by atoms with van der Waals surface area (Å²) in [4.78, 5) is 28.1. The van der Waals surface area contributed by atoms with Crippen LogP contribution < -0.4 is 4.90 Å². The van der Waals surface area contributed by atoms with Crippen molar-refractivity contribution in [3.05, 3.63) is 29.3 Å². The Labute approximate surface area is 170 Å². The second-order valence-corrected chi connectivity index (χ2v) is 9.64. The summed E-state index contributed by atoms with van der Waals surface area (Å²) in [6.07, 6.45) is 0.550. The SMILES string of the molecule is CC(C)(C)OC(=O)N1CC(=O)N(c2cccc(Cl)c2)CC1CCOS(C)(=O)=O.